The molecule has 3 aromatic rings. The van der Waals surface area contributed by atoms with Crippen molar-refractivity contribution in [3.8, 4) is 5.75 Å². The van der Waals surface area contributed by atoms with Crippen molar-refractivity contribution < 1.29 is 9.53 Å². The van der Waals surface area contributed by atoms with Gasteiger partial charge in [0.25, 0.3) is 5.91 Å². The van der Waals surface area contributed by atoms with Gasteiger partial charge in [-0.3, -0.25) is 4.79 Å². The highest BCUT2D eigenvalue weighted by Crippen LogP contribution is 2.30. The van der Waals surface area contributed by atoms with Gasteiger partial charge in [0.1, 0.15) is 5.75 Å². The van der Waals surface area contributed by atoms with Crippen LogP contribution in [0.3, 0.4) is 0 Å². The minimum absolute atomic E-state index is 0.199. The van der Waals surface area contributed by atoms with Crippen molar-refractivity contribution in [2.24, 2.45) is 5.10 Å². The smallest absolute Gasteiger partial charge is 0.271 e. The van der Waals surface area contributed by atoms with E-state index in [1.165, 1.54) is 11.1 Å². The van der Waals surface area contributed by atoms with E-state index < -0.39 is 0 Å². The monoisotopic (exact) mass is 391 g/mol. The molecule has 0 spiro atoms. The van der Waals surface area contributed by atoms with Crippen LogP contribution in [0.25, 0.3) is 0 Å². The standard InChI is InChI=1S/C22H21N3O2S/c1-2-27-20-9-7-19(8-10-20)25-14-17-6-5-16(12-18(17)15-25)22(26)24-23-13-21-4-3-11-28-21/h3-13H,2,14-15H2,1H3,(H,24,26)/b23-13-. The van der Waals surface area contributed by atoms with Crippen LogP contribution in [0.1, 0.15) is 33.3 Å². The van der Waals surface area contributed by atoms with Gasteiger partial charge in [0.2, 0.25) is 0 Å². The highest BCUT2D eigenvalue weighted by molar-refractivity contribution is 7.11. The van der Waals surface area contributed by atoms with Gasteiger partial charge in [-0.25, -0.2) is 5.43 Å². The number of ether oxygens (including phenoxy) is 1. The molecular formula is C22H21N3O2S. The molecule has 1 aromatic heterocycles. The third-order valence-corrected chi connectivity index (χ3v) is 5.41. The molecule has 0 bridgehead atoms. The number of hydrogen-bond donors (Lipinski definition) is 1. The van der Waals surface area contributed by atoms with Crippen molar-refractivity contribution in [1.82, 2.24) is 5.43 Å². The Labute approximate surface area is 168 Å². The third kappa shape index (κ3) is 4.07. The molecule has 0 saturated carbocycles. The number of benzene rings is 2. The van der Waals surface area contributed by atoms with Crippen molar-refractivity contribution in [1.29, 1.82) is 0 Å². The number of nitrogens with one attached hydrogen (secondary N) is 1. The van der Waals surface area contributed by atoms with Crippen molar-refractivity contribution in [2.45, 2.75) is 20.0 Å². The zero-order valence-electron chi connectivity index (χ0n) is 15.6. The fraction of sp³-hybridized carbons (Fsp3) is 0.182. The van der Waals surface area contributed by atoms with Crippen LogP contribution in [-0.2, 0) is 13.1 Å². The Balaban J connectivity index is 1.41. The molecule has 1 amide bonds. The molecule has 2 aromatic carbocycles. The number of rotatable bonds is 6. The summed E-state index contributed by atoms with van der Waals surface area (Å²) < 4.78 is 5.51. The molecule has 1 aliphatic rings. The lowest BCUT2D eigenvalue weighted by molar-refractivity contribution is 0.0955. The largest absolute Gasteiger partial charge is 0.494 e. The molecular weight excluding hydrogens is 370 g/mol. The van der Waals surface area contributed by atoms with Gasteiger partial charge in [0, 0.05) is 29.2 Å². The zero-order chi connectivity index (χ0) is 19.3. The SMILES string of the molecule is CCOc1ccc(N2Cc3ccc(C(=O)N/N=C\c4cccs4)cc3C2)cc1. The first-order valence-electron chi connectivity index (χ1n) is 9.19. The molecule has 2 heterocycles. The van der Waals surface area contributed by atoms with Gasteiger partial charge < -0.3 is 9.64 Å². The lowest BCUT2D eigenvalue weighted by Gasteiger charge is -2.18. The maximum atomic E-state index is 12.4. The summed E-state index contributed by atoms with van der Waals surface area (Å²) in [6.45, 7) is 4.26. The Morgan fingerprint density at radius 1 is 1.18 bits per heavy atom. The van der Waals surface area contributed by atoms with Crippen LogP contribution in [0.5, 0.6) is 5.75 Å². The van der Waals surface area contributed by atoms with E-state index in [4.69, 9.17) is 4.74 Å². The molecule has 28 heavy (non-hydrogen) atoms. The molecule has 142 valence electrons. The number of hydrazone groups is 1. The number of carbonyl (C=O) groups is 1. The van der Waals surface area contributed by atoms with Crippen LogP contribution in [-0.4, -0.2) is 18.7 Å². The van der Waals surface area contributed by atoms with Crippen LogP contribution in [0.15, 0.2) is 65.1 Å². The molecule has 0 atom stereocenters. The van der Waals surface area contributed by atoms with Crippen LogP contribution in [0.2, 0.25) is 0 Å². The summed E-state index contributed by atoms with van der Waals surface area (Å²) >= 11 is 1.57. The second-order valence-corrected chi connectivity index (χ2v) is 7.46. The van der Waals surface area contributed by atoms with Crippen LogP contribution < -0.4 is 15.1 Å². The highest BCUT2D eigenvalue weighted by atomic mass is 32.1. The average Bonchev–Trinajstić information content (AvgIpc) is 3.37. The summed E-state index contributed by atoms with van der Waals surface area (Å²) in [5.74, 6) is 0.681. The molecule has 1 aliphatic heterocycles. The Morgan fingerprint density at radius 2 is 2.00 bits per heavy atom. The first-order valence-corrected chi connectivity index (χ1v) is 10.1. The zero-order valence-corrected chi connectivity index (χ0v) is 16.4. The maximum Gasteiger partial charge on any atom is 0.271 e. The van der Waals surface area contributed by atoms with Gasteiger partial charge in [0.05, 0.1) is 12.8 Å². The molecule has 4 rings (SSSR count). The van der Waals surface area contributed by atoms with E-state index in [2.05, 4.69) is 27.6 Å². The summed E-state index contributed by atoms with van der Waals surface area (Å²) in [7, 11) is 0. The van der Waals surface area contributed by atoms with E-state index in [1.54, 1.807) is 17.6 Å². The van der Waals surface area contributed by atoms with Crippen molar-refractivity contribution in [2.75, 3.05) is 11.5 Å². The first-order chi connectivity index (χ1) is 13.7. The minimum Gasteiger partial charge on any atom is -0.494 e. The Kier molecular flexibility index (Phi) is 5.39. The van der Waals surface area contributed by atoms with Crippen molar-refractivity contribution in [3.05, 3.63) is 81.5 Å². The number of amides is 1. The van der Waals surface area contributed by atoms with Gasteiger partial charge in [-0.05, 0) is 65.9 Å². The van der Waals surface area contributed by atoms with E-state index in [9.17, 15) is 4.79 Å². The van der Waals surface area contributed by atoms with Gasteiger partial charge in [-0.15, -0.1) is 11.3 Å². The van der Waals surface area contributed by atoms with E-state index in [0.717, 1.165) is 29.4 Å². The summed E-state index contributed by atoms with van der Waals surface area (Å²) in [6, 6.07) is 17.9. The van der Waals surface area contributed by atoms with Crippen molar-refractivity contribution >= 4 is 29.1 Å². The van der Waals surface area contributed by atoms with Crippen LogP contribution in [0.4, 0.5) is 5.69 Å². The summed E-state index contributed by atoms with van der Waals surface area (Å²) in [5, 5.41) is 6.01. The summed E-state index contributed by atoms with van der Waals surface area (Å²) in [4.78, 5) is 15.7. The molecule has 0 radical (unpaired) electrons. The van der Waals surface area contributed by atoms with E-state index in [-0.39, 0.29) is 5.91 Å². The number of nitrogens with zero attached hydrogens (tertiary/aromatic N) is 2. The number of carbonyl (C=O) groups excluding carboxylic acids is 1. The first kappa shape index (κ1) is 18.3. The third-order valence-electron chi connectivity index (χ3n) is 4.60. The Hall–Kier alpha value is -3.12. The highest BCUT2D eigenvalue weighted by Gasteiger charge is 2.20. The number of hydrogen-bond acceptors (Lipinski definition) is 5. The van der Waals surface area contributed by atoms with Gasteiger partial charge in [-0.1, -0.05) is 12.1 Å². The predicted octanol–water partition coefficient (Wildman–Crippen LogP) is 4.43. The summed E-state index contributed by atoms with van der Waals surface area (Å²) in [6.07, 6.45) is 1.66. The maximum absolute atomic E-state index is 12.4. The number of thiophene rings is 1. The lowest BCUT2D eigenvalue weighted by atomic mass is 10.1. The van der Waals surface area contributed by atoms with Crippen molar-refractivity contribution in [3.63, 3.8) is 0 Å². The van der Waals surface area contributed by atoms with E-state index >= 15 is 0 Å². The summed E-state index contributed by atoms with van der Waals surface area (Å²) in [5.41, 5.74) is 6.78. The number of fused-ring (bicyclic) bond motifs is 1. The van der Waals surface area contributed by atoms with Crippen LogP contribution >= 0.6 is 11.3 Å². The van der Waals surface area contributed by atoms with Gasteiger partial charge in [0.15, 0.2) is 0 Å². The fourth-order valence-electron chi connectivity index (χ4n) is 3.22. The minimum atomic E-state index is -0.199. The molecule has 0 saturated heterocycles. The van der Waals surface area contributed by atoms with Gasteiger partial charge in [-0.2, -0.15) is 5.10 Å². The average molecular weight is 391 g/mol. The molecule has 0 unspecified atom stereocenters. The number of anilines is 1. The van der Waals surface area contributed by atoms with Gasteiger partial charge >= 0.3 is 0 Å². The molecule has 5 nitrogen and oxygen atoms in total. The molecule has 0 fully saturated rings. The molecule has 0 aliphatic carbocycles. The Bertz CT molecular complexity index is 982. The molecule has 1 N–H and O–H groups in total. The second-order valence-electron chi connectivity index (χ2n) is 6.48. The second kappa shape index (κ2) is 8.27. The topological polar surface area (TPSA) is 53.9 Å². The van der Waals surface area contributed by atoms with E-state index in [0.29, 0.717) is 12.2 Å². The Morgan fingerprint density at radius 3 is 2.75 bits per heavy atom. The quantitative estimate of drug-likeness (QED) is 0.500. The van der Waals surface area contributed by atoms with E-state index in [1.807, 2.05) is 54.8 Å². The predicted molar refractivity (Wildman–Crippen MR) is 113 cm³/mol. The fourth-order valence-corrected chi connectivity index (χ4v) is 3.81. The normalized spacial score (nSPS) is 13.0. The lowest BCUT2D eigenvalue weighted by Crippen LogP contribution is -2.17. The molecule has 6 heteroatoms. The van der Waals surface area contributed by atoms with Crippen LogP contribution in [0, 0.1) is 0 Å².